The first-order chi connectivity index (χ1) is 19.4. The molecule has 0 spiro atoms. The second-order valence-electron chi connectivity index (χ2n) is 11.1. The lowest BCUT2D eigenvalue weighted by Gasteiger charge is -2.22. The largest absolute Gasteiger partial charge is 0.508 e. The molecule has 4 rings (SSSR count). The molecule has 0 amide bonds. The highest BCUT2D eigenvalue weighted by atomic mass is 16.7. The van der Waals surface area contributed by atoms with Crippen LogP contribution < -0.4 is 9.47 Å². The molecule has 3 unspecified atom stereocenters. The molecule has 0 aromatic heterocycles. The van der Waals surface area contributed by atoms with Gasteiger partial charge in [-0.3, -0.25) is 0 Å². The summed E-state index contributed by atoms with van der Waals surface area (Å²) in [5.74, 6) is 3.99. The van der Waals surface area contributed by atoms with E-state index in [1.807, 2.05) is 37.3 Å². The monoisotopic (exact) mass is 546 g/mol. The van der Waals surface area contributed by atoms with Crippen LogP contribution in [0, 0.1) is 0 Å². The van der Waals surface area contributed by atoms with E-state index in [0.29, 0.717) is 36.7 Å². The van der Waals surface area contributed by atoms with Crippen molar-refractivity contribution in [1.82, 2.24) is 0 Å². The van der Waals surface area contributed by atoms with Crippen molar-refractivity contribution < 1.29 is 19.3 Å². The second-order valence-corrected chi connectivity index (χ2v) is 11.1. The van der Waals surface area contributed by atoms with Gasteiger partial charge in [0.1, 0.15) is 23.9 Å². The molecular formula is C36H50O4. The minimum atomic E-state index is -0.304. The van der Waals surface area contributed by atoms with E-state index >= 15 is 0 Å². The van der Waals surface area contributed by atoms with Crippen molar-refractivity contribution in [3.05, 3.63) is 89.5 Å². The second kappa shape index (κ2) is 17.0. The Kier molecular flexibility index (Phi) is 13.4. The zero-order valence-electron chi connectivity index (χ0n) is 25.3. The Bertz CT molecular complexity index is 1090. The van der Waals surface area contributed by atoms with E-state index < -0.39 is 0 Å². The van der Waals surface area contributed by atoms with Gasteiger partial charge in [-0.05, 0) is 103 Å². The van der Waals surface area contributed by atoms with Crippen molar-refractivity contribution in [3.8, 4) is 17.2 Å². The van der Waals surface area contributed by atoms with E-state index in [1.54, 1.807) is 12.1 Å². The maximum atomic E-state index is 9.01. The minimum absolute atomic E-state index is 0.304. The summed E-state index contributed by atoms with van der Waals surface area (Å²) in [4.78, 5) is 0. The van der Waals surface area contributed by atoms with Crippen LogP contribution in [0.15, 0.2) is 72.8 Å². The molecule has 3 atom stereocenters. The lowest BCUT2D eigenvalue weighted by Crippen LogP contribution is -2.20. The quantitative estimate of drug-likeness (QED) is 0.181. The molecule has 0 bridgehead atoms. The first kappa shape index (κ1) is 31.5. The van der Waals surface area contributed by atoms with E-state index in [9.17, 15) is 0 Å². The van der Waals surface area contributed by atoms with Crippen molar-refractivity contribution in [3.63, 3.8) is 0 Å². The van der Waals surface area contributed by atoms with E-state index in [-0.39, 0.29) is 6.29 Å². The number of hydrogen-bond acceptors (Lipinski definition) is 4. The molecule has 1 aliphatic carbocycles. The predicted octanol–water partition coefficient (Wildman–Crippen LogP) is 9.97. The zero-order chi connectivity index (χ0) is 28.7. The molecule has 3 aromatic carbocycles. The third-order valence-corrected chi connectivity index (χ3v) is 8.08. The molecule has 0 aliphatic heterocycles. The van der Waals surface area contributed by atoms with Crippen LogP contribution in [0.1, 0.15) is 114 Å². The van der Waals surface area contributed by atoms with Gasteiger partial charge >= 0.3 is 0 Å². The SMILES string of the molecule is CCC(C)c1ccc(O)cc1.CCC(C)c1ccc(OC(C)OCCOc2cccc(C3CCCCC3)c2)cc1. The molecule has 4 nitrogen and oxygen atoms in total. The molecule has 4 heteroatoms. The van der Waals surface area contributed by atoms with E-state index in [2.05, 4.69) is 58.0 Å². The van der Waals surface area contributed by atoms with Crippen LogP contribution in [0.2, 0.25) is 0 Å². The van der Waals surface area contributed by atoms with Gasteiger partial charge in [-0.1, -0.05) is 83.4 Å². The maximum absolute atomic E-state index is 9.01. The van der Waals surface area contributed by atoms with Crippen LogP contribution in [0.4, 0.5) is 0 Å². The first-order valence-corrected chi connectivity index (χ1v) is 15.3. The number of phenols is 1. The van der Waals surface area contributed by atoms with Gasteiger partial charge < -0.3 is 19.3 Å². The number of ether oxygens (including phenoxy) is 3. The predicted molar refractivity (Wildman–Crippen MR) is 166 cm³/mol. The van der Waals surface area contributed by atoms with E-state index in [0.717, 1.165) is 24.3 Å². The fourth-order valence-electron chi connectivity index (χ4n) is 5.04. The van der Waals surface area contributed by atoms with Gasteiger partial charge in [-0.2, -0.15) is 0 Å². The molecule has 1 N–H and O–H groups in total. The molecule has 0 radical (unpaired) electrons. The molecule has 3 aromatic rings. The molecule has 1 aliphatic rings. The van der Waals surface area contributed by atoms with E-state index in [1.165, 1.54) is 48.8 Å². The van der Waals surface area contributed by atoms with Gasteiger partial charge in [0.05, 0.1) is 6.61 Å². The number of aromatic hydroxyl groups is 1. The highest BCUT2D eigenvalue weighted by Crippen LogP contribution is 2.34. The lowest BCUT2D eigenvalue weighted by atomic mass is 9.84. The standard InChI is InChI=1S/C26H36O3.C10H14O/c1-4-20(2)22-13-15-25(16-14-22)29-21(3)27-17-18-28-26-12-8-11-24(19-26)23-9-6-5-7-10-23;1-3-8(2)9-4-6-10(11)7-5-9/h8,11-16,19-21,23H,4-7,9-10,17-18H2,1-3H3;4-8,11H,3H2,1-2H3. The van der Waals surface area contributed by atoms with Crippen LogP contribution in [0.3, 0.4) is 0 Å². The average molecular weight is 547 g/mol. The van der Waals surface area contributed by atoms with Gasteiger partial charge in [0.25, 0.3) is 0 Å². The molecule has 0 saturated heterocycles. The summed E-state index contributed by atoms with van der Waals surface area (Å²) in [6, 6.07) is 24.3. The van der Waals surface area contributed by atoms with Gasteiger partial charge in [0.15, 0.2) is 6.29 Å². The highest BCUT2D eigenvalue weighted by Gasteiger charge is 2.16. The summed E-state index contributed by atoms with van der Waals surface area (Å²) in [6.45, 7) is 11.7. The summed E-state index contributed by atoms with van der Waals surface area (Å²) in [7, 11) is 0. The molecule has 40 heavy (non-hydrogen) atoms. The van der Waals surface area contributed by atoms with Crippen LogP contribution in [0.25, 0.3) is 0 Å². The Morgan fingerprint density at radius 2 is 1.32 bits per heavy atom. The first-order valence-electron chi connectivity index (χ1n) is 15.3. The summed E-state index contributed by atoms with van der Waals surface area (Å²) >= 11 is 0. The summed E-state index contributed by atoms with van der Waals surface area (Å²) in [5, 5.41) is 9.01. The zero-order valence-corrected chi connectivity index (χ0v) is 25.3. The topological polar surface area (TPSA) is 47.9 Å². The van der Waals surface area contributed by atoms with Gasteiger partial charge in [0.2, 0.25) is 0 Å². The van der Waals surface area contributed by atoms with Crippen LogP contribution >= 0.6 is 0 Å². The van der Waals surface area contributed by atoms with Gasteiger partial charge in [-0.15, -0.1) is 0 Å². The third kappa shape index (κ3) is 10.5. The fourth-order valence-corrected chi connectivity index (χ4v) is 5.04. The van der Waals surface area contributed by atoms with Gasteiger partial charge in [0, 0.05) is 0 Å². The van der Waals surface area contributed by atoms with Gasteiger partial charge in [-0.25, -0.2) is 0 Å². The summed E-state index contributed by atoms with van der Waals surface area (Å²) in [5.41, 5.74) is 4.06. The van der Waals surface area contributed by atoms with Crippen molar-refractivity contribution in [2.24, 2.45) is 0 Å². The third-order valence-electron chi connectivity index (χ3n) is 8.08. The Labute approximate surface area is 242 Å². The maximum Gasteiger partial charge on any atom is 0.197 e. The molecule has 0 heterocycles. The molecule has 1 saturated carbocycles. The lowest BCUT2D eigenvalue weighted by molar-refractivity contribution is -0.0739. The summed E-state index contributed by atoms with van der Waals surface area (Å²) < 4.78 is 17.5. The van der Waals surface area contributed by atoms with Crippen molar-refractivity contribution in [2.45, 2.75) is 104 Å². The van der Waals surface area contributed by atoms with Crippen LogP contribution in [-0.2, 0) is 4.74 Å². The average Bonchev–Trinajstić information content (AvgIpc) is 3.00. The minimum Gasteiger partial charge on any atom is -0.508 e. The van der Waals surface area contributed by atoms with Crippen LogP contribution in [0.5, 0.6) is 17.2 Å². The summed E-state index contributed by atoms with van der Waals surface area (Å²) in [6.07, 6.45) is 8.67. The fraction of sp³-hybridized carbons (Fsp3) is 0.500. The van der Waals surface area contributed by atoms with Crippen molar-refractivity contribution >= 4 is 0 Å². The van der Waals surface area contributed by atoms with E-state index in [4.69, 9.17) is 19.3 Å². The Balaban J connectivity index is 0.000000336. The van der Waals surface area contributed by atoms with Crippen molar-refractivity contribution in [2.75, 3.05) is 13.2 Å². The Hall–Kier alpha value is -2.98. The normalized spacial score (nSPS) is 15.8. The smallest absolute Gasteiger partial charge is 0.197 e. The van der Waals surface area contributed by atoms with Crippen molar-refractivity contribution in [1.29, 1.82) is 0 Å². The number of hydrogen-bond donors (Lipinski definition) is 1. The Morgan fingerprint density at radius 1 is 0.725 bits per heavy atom. The number of benzene rings is 3. The molecule has 218 valence electrons. The molecule has 1 fully saturated rings. The number of rotatable bonds is 12. The number of phenolic OH excluding ortho intramolecular Hbond substituents is 1. The van der Waals surface area contributed by atoms with Crippen LogP contribution in [-0.4, -0.2) is 24.6 Å². The highest BCUT2D eigenvalue weighted by molar-refractivity contribution is 5.31. The molecular weight excluding hydrogens is 496 g/mol. The Morgan fingerprint density at radius 3 is 1.93 bits per heavy atom.